The molecular weight excluding hydrogens is 457 g/mol. The molecule has 3 aliphatic rings. The number of rotatable bonds is 4. The zero-order valence-corrected chi connectivity index (χ0v) is 19.2. The number of nitrogens with zero attached hydrogens (tertiary/aromatic N) is 4. The number of hydrogen-bond donors (Lipinski definition) is 1. The van der Waals surface area contributed by atoms with Crippen molar-refractivity contribution in [3.05, 3.63) is 39.8 Å². The number of alkyl halides is 3. The number of amides is 1. The molecule has 1 saturated carbocycles. The van der Waals surface area contributed by atoms with E-state index < -0.39 is 12.1 Å². The molecule has 1 spiro atoms. The average Bonchev–Trinajstić information content (AvgIpc) is 3.22. The van der Waals surface area contributed by atoms with Gasteiger partial charge in [0.05, 0.1) is 11.3 Å². The highest BCUT2D eigenvalue weighted by Crippen LogP contribution is 2.41. The number of carbonyl (C=O) groups excluding carboxylic acids is 1. The van der Waals surface area contributed by atoms with Gasteiger partial charge in [0, 0.05) is 43.2 Å². The maximum absolute atomic E-state index is 12.7. The van der Waals surface area contributed by atoms with E-state index in [9.17, 15) is 18.0 Å². The van der Waals surface area contributed by atoms with Crippen LogP contribution in [0.2, 0.25) is 0 Å². The van der Waals surface area contributed by atoms with Crippen LogP contribution >= 0.6 is 11.3 Å². The average molecular weight is 485 g/mol. The highest BCUT2D eigenvalue weighted by atomic mass is 32.1. The van der Waals surface area contributed by atoms with Gasteiger partial charge in [-0.1, -0.05) is 6.07 Å². The SMILES string of the molecule is CN1CC2(CCN(Cc3cccs3)CC2)c2nn(CC3CC3)cc2C1=O.O=C(O)C(F)(F)F. The van der Waals surface area contributed by atoms with Crippen LogP contribution in [0.5, 0.6) is 0 Å². The summed E-state index contributed by atoms with van der Waals surface area (Å²) < 4.78 is 33.8. The van der Waals surface area contributed by atoms with E-state index in [1.54, 1.807) is 0 Å². The Morgan fingerprint density at radius 2 is 1.97 bits per heavy atom. The van der Waals surface area contributed by atoms with E-state index in [1.807, 2.05) is 29.5 Å². The lowest BCUT2D eigenvalue weighted by Gasteiger charge is -2.45. The van der Waals surface area contributed by atoms with Gasteiger partial charge in [0.15, 0.2) is 0 Å². The molecule has 0 bridgehead atoms. The number of likely N-dealkylation sites (tertiary alicyclic amines) is 1. The smallest absolute Gasteiger partial charge is 0.475 e. The van der Waals surface area contributed by atoms with Gasteiger partial charge in [-0.2, -0.15) is 18.3 Å². The molecule has 1 saturated heterocycles. The lowest BCUT2D eigenvalue weighted by Crippen LogP contribution is -2.53. The molecule has 5 rings (SSSR count). The predicted octanol–water partition coefficient (Wildman–Crippen LogP) is 3.61. The van der Waals surface area contributed by atoms with Gasteiger partial charge in [-0.3, -0.25) is 14.4 Å². The fraction of sp³-hybridized carbons (Fsp3) is 0.591. The number of carbonyl (C=O) groups is 2. The van der Waals surface area contributed by atoms with Crippen LogP contribution in [-0.4, -0.2) is 69.4 Å². The van der Waals surface area contributed by atoms with Crippen LogP contribution in [0.25, 0.3) is 0 Å². The Morgan fingerprint density at radius 1 is 1.30 bits per heavy atom. The van der Waals surface area contributed by atoms with Crippen molar-refractivity contribution in [3.63, 3.8) is 0 Å². The Hall–Kier alpha value is -2.40. The minimum absolute atomic E-state index is 0.0404. The number of hydrogen-bond acceptors (Lipinski definition) is 5. The standard InChI is InChI=1S/C20H26N4OS.C2HF3O2/c1-22-14-20(6-8-23(9-7-20)12-16-3-2-10-26-16)18-17(19(22)25)13-24(21-18)11-15-4-5-15;3-2(4,5)1(6)7/h2-3,10,13,15H,4-9,11-12,14H2,1H3;(H,6,7). The van der Waals surface area contributed by atoms with Crippen molar-refractivity contribution in [1.82, 2.24) is 19.6 Å². The van der Waals surface area contributed by atoms with E-state index in [2.05, 4.69) is 27.1 Å². The molecule has 7 nitrogen and oxygen atoms in total. The molecule has 0 atom stereocenters. The van der Waals surface area contributed by atoms with Crippen molar-refractivity contribution in [2.24, 2.45) is 5.92 Å². The number of carboxylic acids is 1. The summed E-state index contributed by atoms with van der Waals surface area (Å²) in [5.41, 5.74) is 1.97. The van der Waals surface area contributed by atoms with Crippen molar-refractivity contribution in [2.75, 3.05) is 26.7 Å². The molecule has 0 radical (unpaired) electrons. The van der Waals surface area contributed by atoms with Gasteiger partial charge < -0.3 is 10.0 Å². The number of aliphatic carboxylic acids is 1. The lowest BCUT2D eigenvalue weighted by molar-refractivity contribution is -0.192. The second-order valence-electron chi connectivity index (χ2n) is 9.16. The molecule has 2 fully saturated rings. The summed E-state index contributed by atoms with van der Waals surface area (Å²) in [6.45, 7) is 4.99. The van der Waals surface area contributed by atoms with E-state index in [0.29, 0.717) is 0 Å². The molecule has 11 heteroatoms. The Morgan fingerprint density at radius 3 is 2.52 bits per heavy atom. The molecule has 4 heterocycles. The van der Waals surface area contributed by atoms with Gasteiger partial charge in [-0.25, -0.2) is 4.79 Å². The minimum atomic E-state index is -5.08. The highest BCUT2D eigenvalue weighted by molar-refractivity contribution is 7.09. The van der Waals surface area contributed by atoms with Crippen LogP contribution in [0, 0.1) is 5.92 Å². The first kappa shape index (κ1) is 23.7. The number of piperidine rings is 1. The number of aromatic nitrogens is 2. The normalized spacial score (nSPS) is 20.4. The molecular formula is C22H27F3N4O3S. The Kier molecular flexibility index (Phi) is 6.54. The number of carboxylic acid groups (broad SMARTS) is 1. The molecule has 0 unspecified atom stereocenters. The van der Waals surface area contributed by atoms with Crippen LogP contribution in [0.1, 0.15) is 46.6 Å². The molecule has 1 amide bonds. The number of likely N-dealkylation sites (N-methyl/N-ethyl adjacent to an activating group) is 1. The third-order valence-corrected chi connectivity index (χ3v) is 7.40. The quantitative estimate of drug-likeness (QED) is 0.718. The second-order valence-corrected chi connectivity index (χ2v) is 10.2. The Balaban J connectivity index is 0.000000325. The summed E-state index contributed by atoms with van der Waals surface area (Å²) in [5, 5.41) is 14.2. The Labute approximate surface area is 193 Å². The minimum Gasteiger partial charge on any atom is -0.475 e. The third kappa shape index (κ3) is 5.40. The van der Waals surface area contributed by atoms with E-state index in [0.717, 1.165) is 62.7 Å². The maximum Gasteiger partial charge on any atom is 0.490 e. The van der Waals surface area contributed by atoms with Crippen molar-refractivity contribution >= 4 is 23.2 Å². The van der Waals surface area contributed by atoms with Crippen molar-refractivity contribution in [3.8, 4) is 0 Å². The van der Waals surface area contributed by atoms with E-state index in [4.69, 9.17) is 15.0 Å². The molecule has 33 heavy (non-hydrogen) atoms. The summed E-state index contributed by atoms with van der Waals surface area (Å²) in [6.07, 6.45) is 1.72. The zero-order chi connectivity index (χ0) is 23.8. The first-order valence-corrected chi connectivity index (χ1v) is 11.8. The maximum atomic E-state index is 12.7. The first-order chi connectivity index (χ1) is 15.6. The van der Waals surface area contributed by atoms with E-state index in [-0.39, 0.29) is 11.3 Å². The fourth-order valence-electron chi connectivity index (χ4n) is 4.59. The molecule has 2 aliphatic heterocycles. The summed E-state index contributed by atoms with van der Waals surface area (Å²) in [7, 11) is 1.95. The molecule has 2 aromatic heterocycles. The molecule has 1 N–H and O–H groups in total. The number of fused-ring (bicyclic) bond motifs is 2. The van der Waals surface area contributed by atoms with Crippen molar-refractivity contribution < 1.29 is 27.9 Å². The first-order valence-electron chi connectivity index (χ1n) is 11.0. The lowest BCUT2D eigenvalue weighted by atomic mass is 9.72. The van der Waals surface area contributed by atoms with E-state index >= 15 is 0 Å². The topological polar surface area (TPSA) is 78.7 Å². The van der Waals surface area contributed by atoms with Gasteiger partial charge in [-0.05, 0) is 56.1 Å². The molecule has 180 valence electrons. The van der Waals surface area contributed by atoms with Crippen molar-refractivity contribution in [2.45, 2.75) is 50.4 Å². The van der Waals surface area contributed by atoms with Crippen LogP contribution < -0.4 is 0 Å². The largest absolute Gasteiger partial charge is 0.490 e. The monoisotopic (exact) mass is 484 g/mol. The Bertz CT molecular complexity index is 993. The van der Waals surface area contributed by atoms with Gasteiger partial charge in [0.1, 0.15) is 0 Å². The highest BCUT2D eigenvalue weighted by Gasteiger charge is 2.46. The predicted molar refractivity (Wildman–Crippen MR) is 116 cm³/mol. The van der Waals surface area contributed by atoms with E-state index in [1.165, 1.54) is 17.7 Å². The summed E-state index contributed by atoms with van der Waals surface area (Å²) in [4.78, 5) is 27.5. The van der Waals surface area contributed by atoms with Crippen molar-refractivity contribution in [1.29, 1.82) is 0 Å². The van der Waals surface area contributed by atoms with Crippen LogP contribution in [0.4, 0.5) is 13.2 Å². The molecule has 2 aromatic rings. The van der Waals surface area contributed by atoms with Gasteiger partial charge in [0.2, 0.25) is 0 Å². The number of halogens is 3. The van der Waals surface area contributed by atoms with Crippen LogP contribution in [-0.2, 0) is 23.3 Å². The molecule has 0 aromatic carbocycles. The second kappa shape index (κ2) is 9.09. The van der Waals surface area contributed by atoms with Crippen LogP contribution in [0.3, 0.4) is 0 Å². The summed E-state index contributed by atoms with van der Waals surface area (Å²) >= 11 is 1.84. The third-order valence-electron chi connectivity index (χ3n) is 6.54. The zero-order valence-electron chi connectivity index (χ0n) is 18.3. The summed E-state index contributed by atoms with van der Waals surface area (Å²) in [5.74, 6) is -1.84. The fourth-order valence-corrected chi connectivity index (χ4v) is 5.34. The van der Waals surface area contributed by atoms with Gasteiger partial charge in [0.25, 0.3) is 5.91 Å². The van der Waals surface area contributed by atoms with Gasteiger partial charge in [-0.15, -0.1) is 11.3 Å². The molecule has 1 aliphatic carbocycles. The van der Waals surface area contributed by atoms with Crippen LogP contribution in [0.15, 0.2) is 23.7 Å². The number of thiophene rings is 1. The van der Waals surface area contributed by atoms with Gasteiger partial charge >= 0.3 is 12.1 Å². The summed E-state index contributed by atoms with van der Waals surface area (Å²) in [6, 6.07) is 4.35.